The molecule has 0 aliphatic carbocycles. The Labute approximate surface area is 114 Å². The summed E-state index contributed by atoms with van der Waals surface area (Å²) in [4.78, 5) is 11.9. The van der Waals surface area contributed by atoms with E-state index in [2.05, 4.69) is 10.6 Å². The van der Waals surface area contributed by atoms with Crippen LogP contribution in [0.25, 0.3) is 0 Å². The number of carbonyl (C=O) groups excluding carboxylic acids is 1. The molecule has 1 aromatic carbocycles. The molecule has 0 atom stereocenters. The van der Waals surface area contributed by atoms with Gasteiger partial charge in [-0.05, 0) is 39.8 Å². The number of urea groups is 1. The van der Waals surface area contributed by atoms with Crippen LogP contribution in [0.4, 0.5) is 10.5 Å². The van der Waals surface area contributed by atoms with E-state index < -0.39 is 0 Å². The largest absolute Gasteiger partial charge is 0.496 e. The van der Waals surface area contributed by atoms with Crippen LogP contribution >= 0.6 is 0 Å². The van der Waals surface area contributed by atoms with Gasteiger partial charge in [0.1, 0.15) is 11.5 Å². The number of nitrogens with one attached hydrogen (secondary N) is 2. The van der Waals surface area contributed by atoms with Gasteiger partial charge in [-0.25, -0.2) is 4.79 Å². The van der Waals surface area contributed by atoms with Gasteiger partial charge < -0.3 is 20.1 Å². The topological polar surface area (TPSA) is 59.6 Å². The average Bonchev–Trinajstić information content (AvgIpc) is 2.27. The van der Waals surface area contributed by atoms with E-state index in [0.29, 0.717) is 11.4 Å². The Morgan fingerprint density at radius 1 is 1.16 bits per heavy atom. The van der Waals surface area contributed by atoms with Gasteiger partial charge in [0.15, 0.2) is 0 Å². The normalized spacial score (nSPS) is 10.8. The van der Waals surface area contributed by atoms with Crippen LogP contribution in [0.3, 0.4) is 0 Å². The fourth-order valence-corrected chi connectivity index (χ4v) is 1.75. The molecule has 0 aliphatic heterocycles. The maximum atomic E-state index is 11.9. The maximum absolute atomic E-state index is 11.9. The molecule has 2 amide bonds. The van der Waals surface area contributed by atoms with E-state index in [0.717, 1.165) is 11.3 Å². The minimum absolute atomic E-state index is 0.268. The fraction of sp³-hybridized carbons (Fsp3) is 0.500. The smallest absolute Gasteiger partial charge is 0.319 e. The Bertz CT molecular complexity index is 464. The number of benzene rings is 1. The lowest BCUT2D eigenvalue weighted by atomic mass is 10.1. The van der Waals surface area contributed by atoms with Crippen molar-refractivity contribution in [2.75, 3.05) is 19.5 Å². The molecule has 0 spiro atoms. The molecule has 19 heavy (non-hydrogen) atoms. The molecule has 0 fully saturated rings. The van der Waals surface area contributed by atoms with Gasteiger partial charge in [-0.2, -0.15) is 0 Å². The van der Waals surface area contributed by atoms with Gasteiger partial charge in [0.25, 0.3) is 0 Å². The minimum atomic E-state index is -0.293. The van der Waals surface area contributed by atoms with Gasteiger partial charge >= 0.3 is 6.03 Å². The number of rotatable bonds is 3. The monoisotopic (exact) mass is 266 g/mol. The zero-order valence-corrected chi connectivity index (χ0v) is 12.4. The van der Waals surface area contributed by atoms with E-state index in [1.165, 1.54) is 0 Å². The lowest BCUT2D eigenvalue weighted by Gasteiger charge is -2.22. The Balaban J connectivity index is 2.96. The van der Waals surface area contributed by atoms with Crippen molar-refractivity contribution in [3.8, 4) is 11.5 Å². The molecule has 0 heterocycles. The Kier molecular flexibility index (Phi) is 4.64. The van der Waals surface area contributed by atoms with E-state index >= 15 is 0 Å². The summed E-state index contributed by atoms with van der Waals surface area (Å²) in [5, 5.41) is 5.61. The van der Waals surface area contributed by atoms with Crippen molar-refractivity contribution in [1.29, 1.82) is 0 Å². The molecule has 0 bridgehead atoms. The molecular formula is C14H22N2O3. The summed E-state index contributed by atoms with van der Waals surface area (Å²) in [7, 11) is 3.16. The van der Waals surface area contributed by atoms with E-state index in [1.807, 2.05) is 27.7 Å². The van der Waals surface area contributed by atoms with Crippen molar-refractivity contribution in [2.45, 2.75) is 33.2 Å². The van der Waals surface area contributed by atoms with E-state index in [4.69, 9.17) is 9.47 Å². The first-order valence-electron chi connectivity index (χ1n) is 6.09. The lowest BCUT2D eigenvalue weighted by molar-refractivity contribution is 0.243. The highest BCUT2D eigenvalue weighted by Crippen LogP contribution is 2.34. The SMILES string of the molecule is COc1ccc(NC(=O)NC(C)(C)C)c(OC)c1C. The van der Waals surface area contributed by atoms with Gasteiger partial charge in [-0.1, -0.05) is 0 Å². The lowest BCUT2D eigenvalue weighted by Crippen LogP contribution is -2.43. The molecule has 1 rings (SSSR count). The van der Waals surface area contributed by atoms with Crippen molar-refractivity contribution >= 4 is 11.7 Å². The van der Waals surface area contributed by atoms with Crippen LogP contribution in [0.1, 0.15) is 26.3 Å². The summed E-state index contributed by atoms with van der Waals surface area (Å²) >= 11 is 0. The van der Waals surface area contributed by atoms with Crippen LogP contribution in [0.2, 0.25) is 0 Å². The molecule has 0 unspecified atom stereocenters. The molecule has 0 aromatic heterocycles. The number of hydrogen-bond donors (Lipinski definition) is 2. The number of hydrogen-bond acceptors (Lipinski definition) is 3. The average molecular weight is 266 g/mol. The molecule has 5 nitrogen and oxygen atoms in total. The predicted octanol–water partition coefficient (Wildman–Crippen LogP) is 2.93. The first-order chi connectivity index (χ1) is 8.78. The zero-order valence-electron chi connectivity index (χ0n) is 12.4. The van der Waals surface area contributed by atoms with Gasteiger partial charge in [0.2, 0.25) is 0 Å². The van der Waals surface area contributed by atoms with Gasteiger partial charge in [-0.15, -0.1) is 0 Å². The Hall–Kier alpha value is -1.91. The van der Waals surface area contributed by atoms with Gasteiger partial charge in [0.05, 0.1) is 19.9 Å². The second-order valence-electron chi connectivity index (χ2n) is 5.30. The minimum Gasteiger partial charge on any atom is -0.496 e. The summed E-state index contributed by atoms with van der Waals surface area (Å²) in [5.74, 6) is 1.32. The van der Waals surface area contributed by atoms with Crippen molar-refractivity contribution in [1.82, 2.24) is 5.32 Å². The number of ether oxygens (including phenoxy) is 2. The Morgan fingerprint density at radius 3 is 2.26 bits per heavy atom. The molecule has 0 saturated carbocycles. The molecular weight excluding hydrogens is 244 g/mol. The predicted molar refractivity (Wildman–Crippen MR) is 76.2 cm³/mol. The second-order valence-corrected chi connectivity index (χ2v) is 5.30. The molecule has 5 heteroatoms. The van der Waals surface area contributed by atoms with Gasteiger partial charge in [-0.3, -0.25) is 0 Å². The summed E-state index contributed by atoms with van der Waals surface area (Å²) in [6, 6.07) is 3.28. The maximum Gasteiger partial charge on any atom is 0.319 e. The van der Waals surface area contributed by atoms with Crippen molar-refractivity contribution in [2.24, 2.45) is 0 Å². The van der Waals surface area contributed by atoms with Gasteiger partial charge in [0, 0.05) is 11.1 Å². The van der Waals surface area contributed by atoms with Crippen LogP contribution in [0, 0.1) is 6.92 Å². The quantitative estimate of drug-likeness (QED) is 0.884. The molecule has 0 saturated heterocycles. The first-order valence-corrected chi connectivity index (χ1v) is 6.09. The van der Waals surface area contributed by atoms with Crippen LogP contribution in [0.5, 0.6) is 11.5 Å². The van der Waals surface area contributed by atoms with Crippen molar-refractivity contribution in [3.63, 3.8) is 0 Å². The number of methoxy groups -OCH3 is 2. The molecule has 0 radical (unpaired) electrons. The molecule has 1 aromatic rings. The van der Waals surface area contributed by atoms with E-state index in [-0.39, 0.29) is 11.6 Å². The molecule has 2 N–H and O–H groups in total. The summed E-state index contributed by atoms with van der Waals surface area (Å²) in [6.45, 7) is 7.64. The standard InChI is InChI=1S/C14H22N2O3/c1-9-11(18-5)8-7-10(12(9)19-6)15-13(17)16-14(2,3)4/h7-8H,1-6H3,(H2,15,16,17). The fourth-order valence-electron chi connectivity index (χ4n) is 1.75. The van der Waals surface area contributed by atoms with Crippen LogP contribution in [-0.2, 0) is 0 Å². The van der Waals surface area contributed by atoms with Crippen LogP contribution < -0.4 is 20.1 Å². The number of anilines is 1. The molecule has 106 valence electrons. The highest BCUT2D eigenvalue weighted by molar-refractivity contribution is 5.92. The van der Waals surface area contributed by atoms with Crippen molar-refractivity contribution in [3.05, 3.63) is 17.7 Å². The number of carbonyl (C=O) groups is 1. The molecule has 0 aliphatic rings. The second kappa shape index (κ2) is 5.82. The summed E-state index contributed by atoms with van der Waals surface area (Å²) in [6.07, 6.45) is 0. The highest BCUT2D eigenvalue weighted by Gasteiger charge is 2.17. The Morgan fingerprint density at radius 2 is 1.79 bits per heavy atom. The van der Waals surface area contributed by atoms with Crippen LogP contribution in [-0.4, -0.2) is 25.8 Å². The zero-order chi connectivity index (χ0) is 14.6. The first kappa shape index (κ1) is 15.1. The summed E-state index contributed by atoms with van der Waals surface area (Å²) < 4.78 is 10.5. The third-order valence-corrected chi connectivity index (χ3v) is 2.52. The third kappa shape index (κ3) is 4.05. The number of amides is 2. The van der Waals surface area contributed by atoms with E-state index in [9.17, 15) is 4.79 Å². The summed E-state index contributed by atoms with van der Waals surface area (Å²) in [5.41, 5.74) is 1.17. The third-order valence-electron chi connectivity index (χ3n) is 2.52. The van der Waals surface area contributed by atoms with E-state index in [1.54, 1.807) is 26.4 Å². The van der Waals surface area contributed by atoms with Crippen LogP contribution in [0.15, 0.2) is 12.1 Å². The van der Waals surface area contributed by atoms with Crippen molar-refractivity contribution < 1.29 is 14.3 Å². The highest BCUT2D eigenvalue weighted by atomic mass is 16.5.